The van der Waals surface area contributed by atoms with E-state index in [0.29, 0.717) is 24.9 Å². The standard InChI is InChI=1S/C43H51F3N6OSi/c1-7-35(50-36-27-51(28-36)22-14-21-44)26-49-32(3)41-40-33(19-20-34(24-47)39(40)25-48)23-31(2)52(41)29-43(45,46)30-53-54(42(4,5)6,37-15-10-8-11-16-37)38-17-12-9-13-18-38/h7-13,15-20,26,31,36,41,50H,3,14,21-23,27-30H2,1-2,4-6H3/b35-7+,49-26?/t31-,41-/m1/s1. The summed E-state index contributed by atoms with van der Waals surface area (Å²) in [6, 6.07) is 26.0. The lowest BCUT2D eigenvalue weighted by molar-refractivity contribution is -0.0822. The maximum atomic E-state index is 16.8. The van der Waals surface area contributed by atoms with Gasteiger partial charge < -0.3 is 9.74 Å². The SMILES string of the molecule is C=C(N=C/C(=C\C)NC1CN(CCCF)C1)[C@@H]1c2c(ccc(C#N)c2C#N)C[C@@H](C)N1CC(F)(F)CO[Si](c1ccccc1)(c1ccccc1)C(C)(C)C. The molecule has 2 atom stereocenters. The van der Waals surface area contributed by atoms with Crippen LogP contribution in [0.15, 0.2) is 102 Å². The number of hydrogen-bond donors (Lipinski definition) is 1. The van der Waals surface area contributed by atoms with Crippen LogP contribution in [-0.2, 0) is 10.8 Å². The summed E-state index contributed by atoms with van der Waals surface area (Å²) in [5.74, 6) is -3.32. The number of halogens is 3. The van der Waals surface area contributed by atoms with E-state index in [9.17, 15) is 14.9 Å². The van der Waals surface area contributed by atoms with Gasteiger partial charge in [-0.3, -0.25) is 19.2 Å². The van der Waals surface area contributed by atoms with Crippen molar-refractivity contribution in [2.75, 3.05) is 39.5 Å². The van der Waals surface area contributed by atoms with Gasteiger partial charge in [-0.15, -0.1) is 0 Å². The van der Waals surface area contributed by atoms with Gasteiger partial charge in [0.05, 0.1) is 48.7 Å². The molecule has 2 aliphatic rings. The fourth-order valence-corrected chi connectivity index (χ4v) is 12.5. The summed E-state index contributed by atoms with van der Waals surface area (Å²) in [6.07, 6.45) is 4.41. The van der Waals surface area contributed by atoms with Crippen molar-refractivity contribution in [2.24, 2.45) is 4.99 Å². The van der Waals surface area contributed by atoms with Crippen molar-refractivity contribution < 1.29 is 17.6 Å². The van der Waals surface area contributed by atoms with Gasteiger partial charge in [0.25, 0.3) is 14.2 Å². The molecule has 0 amide bonds. The Balaban J connectivity index is 1.47. The van der Waals surface area contributed by atoms with Crippen LogP contribution in [0.5, 0.6) is 0 Å². The number of alkyl halides is 3. The summed E-state index contributed by atoms with van der Waals surface area (Å²) in [4.78, 5) is 8.56. The molecule has 3 aromatic rings. The average molecular weight is 753 g/mol. The third-order valence-electron chi connectivity index (χ3n) is 10.5. The highest BCUT2D eigenvalue weighted by Crippen LogP contribution is 2.43. The number of nitrogens with one attached hydrogen (secondary N) is 1. The minimum absolute atomic E-state index is 0.146. The van der Waals surface area contributed by atoms with Crippen LogP contribution in [0.1, 0.15) is 69.3 Å². The minimum atomic E-state index is -3.32. The van der Waals surface area contributed by atoms with E-state index in [-0.39, 0.29) is 35.6 Å². The molecule has 54 heavy (non-hydrogen) atoms. The molecule has 5 rings (SSSR count). The second-order valence-electron chi connectivity index (χ2n) is 15.4. The van der Waals surface area contributed by atoms with Crippen LogP contribution in [0, 0.1) is 22.7 Å². The van der Waals surface area contributed by atoms with Crippen molar-refractivity contribution in [3.05, 3.63) is 119 Å². The van der Waals surface area contributed by atoms with Gasteiger partial charge in [-0.05, 0) is 59.3 Å². The number of likely N-dealkylation sites (tertiary alicyclic amines) is 1. The van der Waals surface area contributed by atoms with Crippen molar-refractivity contribution in [1.82, 2.24) is 15.1 Å². The predicted molar refractivity (Wildman–Crippen MR) is 212 cm³/mol. The summed E-state index contributed by atoms with van der Waals surface area (Å²) >= 11 is 0. The summed E-state index contributed by atoms with van der Waals surface area (Å²) in [7, 11) is -3.27. The van der Waals surface area contributed by atoms with Crippen LogP contribution in [0.3, 0.4) is 0 Å². The van der Waals surface area contributed by atoms with Crippen molar-refractivity contribution in [2.45, 2.75) is 76.5 Å². The fraction of sp³-hybridized carbons (Fsp3) is 0.419. The van der Waals surface area contributed by atoms with E-state index >= 15 is 8.78 Å². The first-order valence-electron chi connectivity index (χ1n) is 18.6. The quantitative estimate of drug-likeness (QED) is 0.132. The molecule has 0 unspecified atom stereocenters. The minimum Gasteiger partial charge on any atom is -0.401 e. The van der Waals surface area contributed by atoms with E-state index in [4.69, 9.17) is 9.42 Å². The predicted octanol–water partition coefficient (Wildman–Crippen LogP) is 7.05. The van der Waals surface area contributed by atoms with Crippen LogP contribution in [0.4, 0.5) is 13.2 Å². The number of nitrogens with zero attached hydrogens (tertiary/aromatic N) is 5. The molecule has 0 saturated carbocycles. The Bertz CT molecular complexity index is 1870. The number of allylic oxidation sites excluding steroid dienone is 2. The van der Waals surface area contributed by atoms with Gasteiger partial charge in [0, 0.05) is 37.6 Å². The zero-order chi connectivity index (χ0) is 39.1. The highest BCUT2D eigenvalue weighted by molar-refractivity contribution is 6.99. The molecule has 1 N–H and O–H groups in total. The molecule has 284 valence electrons. The zero-order valence-electron chi connectivity index (χ0n) is 32.0. The van der Waals surface area contributed by atoms with Gasteiger partial charge in [0.1, 0.15) is 12.1 Å². The fourth-order valence-electron chi connectivity index (χ4n) is 7.90. The normalized spacial score (nSPS) is 18.8. The van der Waals surface area contributed by atoms with Crippen LogP contribution in [-0.4, -0.2) is 81.8 Å². The van der Waals surface area contributed by atoms with Crippen LogP contribution in [0.2, 0.25) is 5.04 Å². The zero-order valence-corrected chi connectivity index (χ0v) is 33.0. The Hall–Kier alpha value is -4.52. The van der Waals surface area contributed by atoms with E-state index in [2.05, 4.69) is 49.7 Å². The smallest absolute Gasteiger partial charge is 0.282 e. The molecule has 3 aromatic carbocycles. The Morgan fingerprint density at radius 2 is 1.65 bits per heavy atom. The van der Waals surface area contributed by atoms with Crippen molar-refractivity contribution in [1.29, 1.82) is 10.5 Å². The molecule has 0 aromatic heterocycles. The van der Waals surface area contributed by atoms with Crippen molar-refractivity contribution >= 4 is 24.9 Å². The number of hydrogen-bond acceptors (Lipinski definition) is 7. The Labute approximate surface area is 319 Å². The van der Waals surface area contributed by atoms with Gasteiger partial charge in [-0.25, -0.2) is 8.78 Å². The van der Waals surface area contributed by atoms with Gasteiger partial charge in [-0.2, -0.15) is 10.5 Å². The van der Waals surface area contributed by atoms with Gasteiger partial charge in [-0.1, -0.05) is 100 Å². The first kappa shape index (κ1) is 40.7. The average Bonchev–Trinajstić information content (AvgIpc) is 3.14. The van der Waals surface area contributed by atoms with E-state index in [1.807, 2.05) is 80.6 Å². The third-order valence-corrected chi connectivity index (χ3v) is 15.5. The van der Waals surface area contributed by atoms with Crippen LogP contribution in [0.25, 0.3) is 0 Å². The van der Waals surface area contributed by atoms with Crippen molar-refractivity contribution in [3.63, 3.8) is 0 Å². The molecule has 11 heteroatoms. The van der Waals surface area contributed by atoms with E-state index < -0.39 is 38.5 Å². The summed E-state index contributed by atoms with van der Waals surface area (Å²) < 4.78 is 52.9. The maximum Gasteiger partial charge on any atom is 0.282 e. The molecular formula is C43H51F3N6OSi. The largest absolute Gasteiger partial charge is 0.401 e. The lowest BCUT2D eigenvalue weighted by Crippen LogP contribution is -2.67. The highest BCUT2D eigenvalue weighted by Gasteiger charge is 2.52. The number of aliphatic imine (C=N–C) groups is 1. The molecule has 0 spiro atoms. The molecule has 1 saturated heterocycles. The second-order valence-corrected chi connectivity index (χ2v) is 19.7. The van der Waals surface area contributed by atoms with Crippen LogP contribution >= 0.6 is 0 Å². The molecule has 0 bridgehead atoms. The Morgan fingerprint density at radius 1 is 1.02 bits per heavy atom. The first-order valence-corrected chi connectivity index (χ1v) is 20.5. The van der Waals surface area contributed by atoms with E-state index in [0.717, 1.165) is 34.7 Å². The Kier molecular flexibility index (Phi) is 13.0. The highest BCUT2D eigenvalue weighted by atomic mass is 28.4. The molecule has 2 heterocycles. The molecule has 7 nitrogen and oxygen atoms in total. The topological polar surface area (TPSA) is 87.7 Å². The Morgan fingerprint density at radius 3 is 2.19 bits per heavy atom. The molecule has 2 aliphatic heterocycles. The lowest BCUT2D eigenvalue weighted by atomic mass is 9.82. The first-order chi connectivity index (χ1) is 25.8. The molecule has 1 fully saturated rings. The number of nitriles is 2. The van der Waals surface area contributed by atoms with Gasteiger partial charge in [0.2, 0.25) is 0 Å². The van der Waals surface area contributed by atoms with E-state index in [1.54, 1.807) is 23.2 Å². The third kappa shape index (κ3) is 8.72. The maximum absolute atomic E-state index is 16.8. The van der Waals surface area contributed by atoms with Crippen LogP contribution < -0.4 is 15.7 Å². The lowest BCUT2D eigenvalue weighted by Gasteiger charge is -2.45. The van der Waals surface area contributed by atoms with E-state index in [1.165, 1.54) is 0 Å². The second kappa shape index (κ2) is 17.3. The summed E-state index contributed by atoms with van der Waals surface area (Å²) in [5.41, 5.74) is 2.61. The molecule has 0 radical (unpaired) electrons. The van der Waals surface area contributed by atoms with Gasteiger partial charge >= 0.3 is 0 Å². The monoisotopic (exact) mass is 752 g/mol. The summed E-state index contributed by atoms with van der Waals surface area (Å²) in [5, 5.41) is 25.0. The molecule has 0 aliphatic carbocycles. The number of benzene rings is 3. The number of rotatable bonds is 15. The summed E-state index contributed by atoms with van der Waals surface area (Å²) in [6.45, 7) is 14.6. The number of fused-ring (bicyclic) bond motifs is 1. The van der Waals surface area contributed by atoms with Gasteiger partial charge in [0.15, 0.2) is 0 Å². The molecular weight excluding hydrogens is 702 g/mol. The van der Waals surface area contributed by atoms with Crippen molar-refractivity contribution in [3.8, 4) is 12.1 Å².